The van der Waals surface area contributed by atoms with Gasteiger partial charge in [-0.1, -0.05) is 131 Å². The van der Waals surface area contributed by atoms with E-state index in [2.05, 4.69) is 136 Å². The quantitative estimate of drug-likeness (QED) is 0.204. The van der Waals surface area contributed by atoms with Crippen LogP contribution >= 0.6 is 0 Å². The molecule has 5 rings (SSSR count). The van der Waals surface area contributed by atoms with Crippen LogP contribution in [-0.2, 0) is 26.2 Å². The molecule has 0 aromatic heterocycles. The Bertz CT molecular complexity index is 1460. The Hall–Kier alpha value is -1.82. The summed E-state index contributed by atoms with van der Waals surface area (Å²) in [6, 6.07) is 23.1. The molecule has 0 N–H and O–H groups in total. The first-order chi connectivity index (χ1) is 19.3. The summed E-state index contributed by atoms with van der Waals surface area (Å²) in [4.78, 5) is 0. The molecule has 0 bridgehead atoms. The Balaban J connectivity index is 0.000000381. The molecular weight excluding hydrogens is 595 g/mol. The van der Waals surface area contributed by atoms with E-state index >= 15 is 0 Å². The van der Waals surface area contributed by atoms with Crippen LogP contribution in [-0.4, -0.2) is 42.6 Å². The molecule has 0 radical (unpaired) electrons. The van der Waals surface area contributed by atoms with Crippen LogP contribution in [0.1, 0.15) is 56.1 Å². The first-order valence-electron chi connectivity index (χ1n) is 15.4. The number of allylic oxidation sites excluding steroid dienone is 1. The molecule has 218 valence electrons. The second-order valence-electron chi connectivity index (χ2n) is 14.0. The molecule has 2 nitrogen and oxygen atoms in total. The topological polar surface area (TPSA) is 20.3 Å². The Labute approximate surface area is 274 Å². The van der Waals surface area contributed by atoms with Crippen LogP contribution in [0.25, 0.3) is 28.0 Å². The van der Waals surface area contributed by atoms with Crippen molar-refractivity contribution in [3.05, 3.63) is 77.4 Å². The summed E-state index contributed by atoms with van der Waals surface area (Å²) in [5, 5.41) is 2.56. The second kappa shape index (κ2) is 14.8. The summed E-state index contributed by atoms with van der Waals surface area (Å²) in [6.07, 6.45) is 8.64. The van der Waals surface area contributed by atoms with E-state index in [0.29, 0.717) is 6.04 Å². The maximum absolute atomic E-state index is 13.4. The van der Waals surface area contributed by atoms with Gasteiger partial charge < -0.3 is 9.03 Å². The smallest absolute Gasteiger partial charge is 0.377 e. The number of rotatable bonds is 5. The summed E-state index contributed by atoms with van der Waals surface area (Å²) in [6.45, 7) is 16.0. The predicted molar refractivity (Wildman–Crippen MR) is 186 cm³/mol. The molecule has 6 heteroatoms. The summed E-state index contributed by atoms with van der Waals surface area (Å²) in [5.41, 5.74) is 13.4. The fourth-order valence-corrected chi connectivity index (χ4v) is 10.8. The molecule has 1 saturated carbocycles. The maximum Gasteiger partial charge on any atom is 2.00 e. The van der Waals surface area contributed by atoms with Crippen molar-refractivity contribution >= 4 is 41.8 Å². The van der Waals surface area contributed by atoms with E-state index in [1.165, 1.54) is 70.7 Å². The fourth-order valence-electron chi connectivity index (χ4n) is 5.95. The number of hydrogen-bond donors (Lipinski definition) is 0. The van der Waals surface area contributed by atoms with Gasteiger partial charge >= 0.3 is 30.6 Å². The third-order valence-electron chi connectivity index (χ3n) is 8.22. The van der Waals surface area contributed by atoms with Gasteiger partial charge in [0.05, 0.1) is 0 Å². The zero-order valence-electron chi connectivity index (χ0n) is 27.1. The van der Waals surface area contributed by atoms with Gasteiger partial charge in [-0.15, -0.1) is 11.1 Å². The van der Waals surface area contributed by atoms with Gasteiger partial charge in [-0.3, -0.25) is 0 Å². The molecule has 0 aliphatic heterocycles. The molecule has 0 spiro atoms. The Morgan fingerprint density at radius 2 is 1.38 bits per heavy atom. The molecule has 2 aliphatic carbocycles. The average molecular weight is 644 g/mol. The molecular formula is C36H49NOSi3Ti+2. The van der Waals surface area contributed by atoms with Crippen molar-refractivity contribution in [2.75, 3.05) is 7.05 Å². The van der Waals surface area contributed by atoms with Gasteiger partial charge in [0.15, 0.2) is 0 Å². The standard InChI is InChI=1S/C28H31NOSi.C8H18Si2.Ti/c1-20-18-27-25(24-15-8-11-21-10-6-7-14-23(21)24)16-9-17-26(27)28(20)19-31(30)29(2)22-12-4-3-5-13-22;1-9(2,3)7-8-10(4,5)6;/h6-11,14-18,22,28H,3-5,12-13,19H2,1-2H3;1-6H3;/q;;+2. The van der Waals surface area contributed by atoms with Crippen LogP contribution in [0, 0.1) is 11.1 Å². The van der Waals surface area contributed by atoms with Crippen molar-refractivity contribution < 1.29 is 26.2 Å². The van der Waals surface area contributed by atoms with Gasteiger partial charge in [0.25, 0.3) is 0 Å². The minimum absolute atomic E-state index is 0. The largest absolute Gasteiger partial charge is 2.00 e. The third-order valence-corrected chi connectivity index (χ3v) is 12.1. The normalized spacial score (nSPS) is 16.7. The second-order valence-corrected chi connectivity index (χ2v) is 25.4. The zero-order chi connectivity index (χ0) is 29.8. The maximum atomic E-state index is 13.4. The van der Waals surface area contributed by atoms with E-state index in [1.807, 2.05) is 0 Å². The van der Waals surface area contributed by atoms with E-state index in [9.17, 15) is 4.46 Å². The van der Waals surface area contributed by atoms with Crippen LogP contribution in [0.3, 0.4) is 0 Å². The minimum Gasteiger partial charge on any atom is -0.377 e. The zero-order valence-corrected chi connectivity index (χ0v) is 31.7. The van der Waals surface area contributed by atoms with E-state index < -0.39 is 25.0 Å². The van der Waals surface area contributed by atoms with Crippen LogP contribution in [0.4, 0.5) is 0 Å². The molecule has 0 saturated heterocycles. The van der Waals surface area contributed by atoms with Gasteiger partial charge in [0.1, 0.15) is 16.1 Å². The Morgan fingerprint density at radius 1 is 0.810 bits per heavy atom. The first kappa shape index (κ1) is 34.7. The van der Waals surface area contributed by atoms with Crippen molar-refractivity contribution in [1.82, 2.24) is 4.57 Å². The summed E-state index contributed by atoms with van der Waals surface area (Å²) in [7, 11) is -1.88. The van der Waals surface area contributed by atoms with Crippen molar-refractivity contribution in [3.8, 4) is 22.2 Å². The van der Waals surface area contributed by atoms with Gasteiger partial charge in [-0.2, -0.15) is 0 Å². The molecule has 3 aromatic carbocycles. The van der Waals surface area contributed by atoms with Crippen LogP contribution in [0.2, 0.25) is 45.3 Å². The van der Waals surface area contributed by atoms with Crippen molar-refractivity contribution in [3.63, 3.8) is 0 Å². The number of hydrogen-bond acceptors (Lipinski definition) is 1. The number of nitrogens with zero attached hydrogens (tertiary/aromatic N) is 1. The summed E-state index contributed by atoms with van der Waals surface area (Å²) >= 11 is 0. The Morgan fingerprint density at radius 3 is 2.02 bits per heavy atom. The molecule has 2 aliphatic rings. The van der Waals surface area contributed by atoms with E-state index in [-0.39, 0.29) is 27.6 Å². The van der Waals surface area contributed by atoms with Gasteiger partial charge in [-0.05, 0) is 52.8 Å². The number of fused-ring (bicyclic) bond motifs is 2. The first-order valence-corrected chi connectivity index (χ1v) is 24.0. The third kappa shape index (κ3) is 9.10. The van der Waals surface area contributed by atoms with Crippen molar-refractivity contribution in [2.24, 2.45) is 0 Å². The predicted octanol–water partition coefficient (Wildman–Crippen LogP) is 9.93. The molecule has 1 unspecified atom stereocenters. The van der Waals surface area contributed by atoms with Gasteiger partial charge in [-0.25, -0.2) is 0 Å². The van der Waals surface area contributed by atoms with Gasteiger partial charge in [0.2, 0.25) is 0 Å². The van der Waals surface area contributed by atoms with Crippen LogP contribution < -0.4 is 0 Å². The van der Waals surface area contributed by atoms with Gasteiger partial charge in [0, 0.05) is 25.1 Å². The molecule has 3 aromatic rings. The molecule has 1 fully saturated rings. The molecule has 1 atom stereocenters. The SMILES string of the molecule is CC1=Cc2c(-c3cccc4ccccc34)cccc2C1C[Si](=O)N(C)C1CCCCC1.C[Si](C)(C)C#C[Si](C)(C)C.[Ti+2]. The van der Waals surface area contributed by atoms with Crippen molar-refractivity contribution in [2.45, 2.75) is 96.3 Å². The number of benzene rings is 3. The monoisotopic (exact) mass is 643 g/mol. The van der Waals surface area contributed by atoms with Crippen LogP contribution in [0.5, 0.6) is 0 Å². The summed E-state index contributed by atoms with van der Waals surface area (Å²) in [5.74, 6) is 0.266. The Kier molecular flexibility index (Phi) is 12.2. The molecule has 0 heterocycles. The average Bonchev–Trinajstić information content (AvgIpc) is 3.26. The van der Waals surface area contributed by atoms with Crippen LogP contribution in [0.15, 0.2) is 66.2 Å². The van der Waals surface area contributed by atoms with E-state index in [4.69, 9.17) is 0 Å². The van der Waals surface area contributed by atoms with E-state index in [0.717, 1.165) is 6.04 Å². The summed E-state index contributed by atoms with van der Waals surface area (Å²) < 4.78 is 15.6. The van der Waals surface area contributed by atoms with Crippen molar-refractivity contribution in [1.29, 1.82) is 0 Å². The molecule has 0 amide bonds. The fraction of sp³-hybridized carbons (Fsp3) is 0.444. The van der Waals surface area contributed by atoms with E-state index in [1.54, 1.807) is 0 Å². The minimum atomic E-state index is -1.79. The molecule has 42 heavy (non-hydrogen) atoms.